The maximum absolute atomic E-state index is 12.3. The molecule has 2 rings (SSSR count). The van der Waals surface area contributed by atoms with Gasteiger partial charge < -0.3 is 10.1 Å². The van der Waals surface area contributed by atoms with E-state index in [1.54, 1.807) is 6.07 Å². The molecule has 0 aliphatic heterocycles. The molecule has 1 saturated carbocycles. The van der Waals surface area contributed by atoms with Crippen molar-refractivity contribution in [2.75, 3.05) is 20.2 Å². The van der Waals surface area contributed by atoms with Gasteiger partial charge >= 0.3 is 0 Å². The first kappa shape index (κ1) is 18.1. The molecule has 0 saturated heterocycles. The van der Waals surface area contributed by atoms with Gasteiger partial charge in [0.05, 0.1) is 6.04 Å². The second-order valence-corrected chi connectivity index (χ2v) is 6.74. The van der Waals surface area contributed by atoms with Gasteiger partial charge in [-0.3, -0.25) is 9.69 Å². The number of hydrogen-bond acceptors (Lipinski definition) is 3. The maximum Gasteiger partial charge on any atom is 0.237 e. The molecule has 1 atom stereocenters. The molecule has 4 nitrogen and oxygen atoms in total. The molecule has 0 aromatic heterocycles. The summed E-state index contributed by atoms with van der Waals surface area (Å²) in [6.45, 7) is 3.15. The second-order valence-electron chi connectivity index (χ2n) is 6.31. The summed E-state index contributed by atoms with van der Waals surface area (Å²) in [4.78, 5) is 14.3. The minimum atomic E-state index is -0.153. The first-order valence-corrected chi connectivity index (χ1v) is 8.83. The number of nitrogens with zero attached hydrogens (tertiary/aromatic N) is 1. The van der Waals surface area contributed by atoms with Crippen LogP contribution in [0, 0.1) is 0 Å². The predicted molar refractivity (Wildman–Crippen MR) is 94.1 cm³/mol. The van der Waals surface area contributed by atoms with Gasteiger partial charge in [-0.15, -0.1) is 0 Å². The molecular weight excluding hydrogens is 312 g/mol. The first-order chi connectivity index (χ1) is 11.1. The Morgan fingerprint density at radius 3 is 2.83 bits per heavy atom. The largest absolute Gasteiger partial charge is 0.492 e. The third-order valence-electron chi connectivity index (χ3n) is 4.50. The highest BCUT2D eigenvalue weighted by molar-refractivity contribution is 6.30. The number of hydrogen-bond donors (Lipinski definition) is 1. The summed E-state index contributed by atoms with van der Waals surface area (Å²) in [5.41, 5.74) is 0. The molecule has 1 amide bonds. The van der Waals surface area contributed by atoms with Gasteiger partial charge in [0.15, 0.2) is 0 Å². The van der Waals surface area contributed by atoms with Crippen molar-refractivity contribution < 1.29 is 9.53 Å². The lowest BCUT2D eigenvalue weighted by Gasteiger charge is -2.28. The van der Waals surface area contributed by atoms with Crippen molar-refractivity contribution in [1.82, 2.24) is 10.2 Å². The third kappa shape index (κ3) is 6.04. The van der Waals surface area contributed by atoms with E-state index in [0.29, 0.717) is 24.2 Å². The highest BCUT2D eigenvalue weighted by Gasteiger charge is 2.22. The molecule has 1 fully saturated rings. The van der Waals surface area contributed by atoms with Gasteiger partial charge in [-0.25, -0.2) is 0 Å². The Labute approximate surface area is 144 Å². The van der Waals surface area contributed by atoms with E-state index in [4.69, 9.17) is 16.3 Å². The van der Waals surface area contributed by atoms with Gasteiger partial charge in [-0.05, 0) is 45.0 Å². The van der Waals surface area contributed by atoms with Crippen molar-refractivity contribution in [3.05, 3.63) is 29.3 Å². The lowest BCUT2D eigenvalue weighted by atomic mass is 9.95. The average Bonchev–Trinajstić information content (AvgIpc) is 2.55. The minimum Gasteiger partial charge on any atom is -0.492 e. The predicted octanol–water partition coefficient (Wildman–Crippen LogP) is 3.49. The summed E-state index contributed by atoms with van der Waals surface area (Å²) in [7, 11) is 1.95. The molecule has 0 radical (unpaired) electrons. The van der Waals surface area contributed by atoms with E-state index in [2.05, 4.69) is 5.32 Å². The number of likely N-dealkylation sites (N-methyl/N-ethyl adjacent to an activating group) is 1. The zero-order valence-electron chi connectivity index (χ0n) is 14.1. The van der Waals surface area contributed by atoms with Crippen molar-refractivity contribution in [3.63, 3.8) is 0 Å². The molecular formula is C18H27ClN2O2. The molecule has 5 heteroatoms. The number of nitrogens with one attached hydrogen (secondary N) is 1. The van der Waals surface area contributed by atoms with Crippen LogP contribution < -0.4 is 10.1 Å². The number of carbonyl (C=O) groups excluding carboxylic acids is 1. The lowest BCUT2D eigenvalue weighted by Crippen LogP contribution is -2.48. The second kappa shape index (κ2) is 9.14. The third-order valence-corrected chi connectivity index (χ3v) is 4.74. The molecule has 1 aromatic carbocycles. The molecule has 0 bridgehead atoms. The van der Waals surface area contributed by atoms with Crippen LogP contribution in [0.4, 0.5) is 0 Å². The molecule has 1 aliphatic carbocycles. The van der Waals surface area contributed by atoms with Gasteiger partial charge in [0.2, 0.25) is 5.91 Å². The van der Waals surface area contributed by atoms with Crippen molar-refractivity contribution in [2.24, 2.45) is 0 Å². The summed E-state index contributed by atoms with van der Waals surface area (Å²) < 4.78 is 5.68. The van der Waals surface area contributed by atoms with Gasteiger partial charge in [-0.2, -0.15) is 0 Å². The smallest absolute Gasteiger partial charge is 0.237 e. The highest BCUT2D eigenvalue weighted by Crippen LogP contribution is 2.18. The van der Waals surface area contributed by atoms with Gasteiger partial charge in [0.1, 0.15) is 12.4 Å². The topological polar surface area (TPSA) is 41.6 Å². The van der Waals surface area contributed by atoms with Crippen molar-refractivity contribution in [1.29, 1.82) is 0 Å². The van der Waals surface area contributed by atoms with E-state index in [0.717, 1.165) is 18.6 Å². The van der Waals surface area contributed by atoms with Gasteiger partial charge in [0.25, 0.3) is 0 Å². The Morgan fingerprint density at radius 2 is 2.13 bits per heavy atom. The van der Waals surface area contributed by atoms with E-state index < -0.39 is 0 Å². The molecule has 0 heterocycles. The van der Waals surface area contributed by atoms with E-state index in [9.17, 15) is 4.79 Å². The zero-order chi connectivity index (χ0) is 16.7. The molecule has 128 valence electrons. The fourth-order valence-corrected chi connectivity index (χ4v) is 3.01. The SMILES string of the molecule is C[C@@H](C(=O)NC1CCCCC1)N(C)CCOc1cccc(Cl)c1. The quantitative estimate of drug-likeness (QED) is 0.827. The lowest BCUT2D eigenvalue weighted by molar-refractivity contribution is -0.126. The number of ether oxygens (including phenoxy) is 1. The van der Waals surface area contributed by atoms with Crippen LogP contribution in [-0.2, 0) is 4.79 Å². The molecule has 1 aliphatic rings. The van der Waals surface area contributed by atoms with E-state index >= 15 is 0 Å². The van der Waals surface area contributed by atoms with E-state index in [1.165, 1.54) is 19.3 Å². The number of amides is 1. The summed E-state index contributed by atoms with van der Waals surface area (Å²) in [6, 6.07) is 7.56. The van der Waals surface area contributed by atoms with Gasteiger partial charge in [-0.1, -0.05) is 36.9 Å². The van der Waals surface area contributed by atoms with Crippen LogP contribution in [0.3, 0.4) is 0 Å². The molecule has 0 unspecified atom stereocenters. The Hall–Kier alpha value is -1.26. The van der Waals surface area contributed by atoms with Crippen LogP contribution in [0.1, 0.15) is 39.0 Å². The summed E-state index contributed by atoms with van der Waals surface area (Å²) in [5, 5.41) is 3.84. The number of benzene rings is 1. The number of halogens is 1. The van der Waals surface area contributed by atoms with Crippen molar-refractivity contribution >= 4 is 17.5 Å². The summed E-state index contributed by atoms with van der Waals surface area (Å²) in [6.07, 6.45) is 5.97. The number of rotatable bonds is 7. The van der Waals surface area contributed by atoms with Crippen molar-refractivity contribution in [2.45, 2.75) is 51.1 Å². The molecule has 0 spiro atoms. The van der Waals surface area contributed by atoms with Crippen molar-refractivity contribution in [3.8, 4) is 5.75 Å². The molecule has 23 heavy (non-hydrogen) atoms. The molecule has 1 aromatic rings. The maximum atomic E-state index is 12.3. The fourth-order valence-electron chi connectivity index (χ4n) is 2.83. The van der Waals surface area contributed by atoms with Gasteiger partial charge in [0, 0.05) is 17.6 Å². The number of carbonyl (C=O) groups is 1. The monoisotopic (exact) mass is 338 g/mol. The van der Waals surface area contributed by atoms with E-state index in [1.807, 2.05) is 37.1 Å². The van der Waals surface area contributed by atoms with E-state index in [-0.39, 0.29) is 11.9 Å². The van der Waals surface area contributed by atoms with Crippen LogP contribution in [0.5, 0.6) is 5.75 Å². The Bertz CT molecular complexity index is 504. The average molecular weight is 339 g/mol. The highest BCUT2D eigenvalue weighted by atomic mass is 35.5. The standard InChI is InChI=1S/C18H27ClN2O2/c1-14(18(22)20-16-8-4-3-5-9-16)21(2)11-12-23-17-10-6-7-15(19)13-17/h6-7,10,13-14,16H,3-5,8-9,11-12H2,1-2H3,(H,20,22)/t14-/m0/s1. The Kier molecular flexibility index (Phi) is 7.18. The first-order valence-electron chi connectivity index (χ1n) is 8.45. The fraction of sp³-hybridized carbons (Fsp3) is 0.611. The Morgan fingerprint density at radius 1 is 1.39 bits per heavy atom. The van der Waals surface area contributed by atoms with Crippen LogP contribution in [-0.4, -0.2) is 43.1 Å². The normalized spacial score (nSPS) is 17.0. The minimum absolute atomic E-state index is 0.113. The summed E-state index contributed by atoms with van der Waals surface area (Å²) in [5.74, 6) is 0.868. The zero-order valence-corrected chi connectivity index (χ0v) is 14.8. The molecule has 1 N–H and O–H groups in total. The van der Waals surface area contributed by atoms with Crippen LogP contribution in [0.15, 0.2) is 24.3 Å². The Balaban J connectivity index is 1.71. The summed E-state index contributed by atoms with van der Waals surface area (Å²) >= 11 is 5.93. The van der Waals surface area contributed by atoms with Crippen LogP contribution in [0.2, 0.25) is 5.02 Å². The van der Waals surface area contributed by atoms with Crippen LogP contribution in [0.25, 0.3) is 0 Å². The van der Waals surface area contributed by atoms with Crippen LogP contribution >= 0.6 is 11.6 Å².